The number of nitrogens with zero attached hydrogens (tertiary/aromatic N) is 5. The summed E-state index contributed by atoms with van der Waals surface area (Å²) in [6.45, 7) is 6.97. The Bertz CT molecular complexity index is 1490. The number of methoxy groups -OCH3 is 2. The molecule has 0 fully saturated rings. The highest BCUT2D eigenvalue weighted by molar-refractivity contribution is 7.93. The van der Waals surface area contributed by atoms with Gasteiger partial charge < -0.3 is 14.6 Å². The summed E-state index contributed by atoms with van der Waals surface area (Å²) in [6.07, 6.45) is 1.96. The lowest BCUT2D eigenvalue weighted by molar-refractivity contribution is 0.175. The predicted octanol–water partition coefficient (Wildman–Crippen LogP) is 3.59. The van der Waals surface area contributed by atoms with Gasteiger partial charge in [-0.25, -0.2) is 13.4 Å². The van der Waals surface area contributed by atoms with Crippen LogP contribution < -0.4 is 14.2 Å². The van der Waals surface area contributed by atoms with Gasteiger partial charge in [0, 0.05) is 22.8 Å². The fourth-order valence-corrected chi connectivity index (χ4v) is 5.83. The van der Waals surface area contributed by atoms with Crippen LogP contribution in [0.2, 0.25) is 0 Å². The quantitative estimate of drug-likeness (QED) is 0.323. The van der Waals surface area contributed by atoms with Crippen molar-refractivity contribution < 1.29 is 23.0 Å². The molecule has 2 atom stereocenters. The van der Waals surface area contributed by atoms with Crippen molar-refractivity contribution in [2.24, 2.45) is 0 Å². The van der Waals surface area contributed by atoms with Gasteiger partial charge in [0.1, 0.15) is 33.5 Å². The van der Waals surface area contributed by atoms with E-state index in [0.29, 0.717) is 33.6 Å². The maximum absolute atomic E-state index is 13.4. The first-order valence-electron chi connectivity index (χ1n) is 11.3. The van der Waals surface area contributed by atoms with Crippen LogP contribution in [0.4, 0.5) is 5.95 Å². The van der Waals surface area contributed by atoms with Crippen LogP contribution in [-0.2, 0) is 10.0 Å². The average molecular weight is 545 g/mol. The van der Waals surface area contributed by atoms with Crippen LogP contribution in [0.15, 0.2) is 36.7 Å². The van der Waals surface area contributed by atoms with E-state index < -0.39 is 21.4 Å². The van der Waals surface area contributed by atoms with E-state index in [1.54, 1.807) is 30.6 Å². The van der Waals surface area contributed by atoms with E-state index in [2.05, 4.69) is 24.9 Å². The molecule has 0 bridgehead atoms. The average Bonchev–Trinajstić information content (AvgIpc) is 3.44. The molecule has 0 saturated carbocycles. The molecule has 0 unspecified atom stereocenters. The Labute approximate surface area is 219 Å². The lowest BCUT2D eigenvalue weighted by Crippen LogP contribution is -2.31. The second-order valence-electron chi connectivity index (χ2n) is 8.44. The molecule has 0 saturated heterocycles. The van der Waals surface area contributed by atoms with Gasteiger partial charge in [0.2, 0.25) is 16.0 Å². The third kappa shape index (κ3) is 5.15. The first kappa shape index (κ1) is 26.5. The van der Waals surface area contributed by atoms with Crippen molar-refractivity contribution in [2.75, 3.05) is 18.9 Å². The molecule has 11 nitrogen and oxygen atoms in total. The van der Waals surface area contributed by atoms with E-state index >= 15 is 0 Å². The van der Waals surface area contributed by atoms with Gasteiger partial charge in [-0.2, -0.15) is 0 Å². The van der Waals surface area contributed by atoms with Crippen molar-refractivity contribution in [3.05, 3.63) is 57.8 Å². The molecule has 3 aromatic heterocycles. The zero-order valence-electron chi connectivity index (χ0n) is 21.3. The van der Waals surface area contributed by atoms with Crippen LogP contribution >= 0.6 is 11.3 Å². The number of hydrogen-bond acceptors (Lipinski definition) is 10. The molecule has 196 valence electrons. The summed E-state index contributed by atoms with van der Waals surface area (Å²) in [7, 11) is -1.17. The maximum atomic E-state index is 13.4. The summed E-state index contributed by atoms with van der Waals surface area (Å²) in [5.41, 5.74) is 2.63. The summed E-state index contributed by atoms with van der Waals surface area (Å²) in [5, 5.41) is 18.4. The number of aryl methyl sites for hydroxylation is 3. The van der Waals surface area contributed by atoms with Crippen molar-refractivity contribution >= 4 is 27.3 Å². The molecule has 0 radical (unpaired) electrons. The number of aromatic nitrogens is 5. The summed E-state index contributed by atoms with van der Waals surface area (Å²) < 4.78 is 42.1. The van der Waals surface area contributed by atoms with E-state index in [1.807, 2.05) is 26.8 Å². The normalized spacial score (nSPS) is 13.3. The molecule has 0 spiro atoms. The van der Waals surface area contributed by atoms with Crippen LogP contribution in [0.1, 0.15) is 34.2 Å². The third-order valence-electron chi connectivity index (χ3n) is 5.89. The molecule has 0 amide bonds. The molecular formula is C24H28N6O5S2. The van der Waals surface area contributed by atoms with E-state index in [0.717, 1.165) is 16.1 Å². The number of nitrogens with one attached hydrogen (secondary N) is 1. The molecule has 4 rings (SSSR count). The van der Waals surface area contributed by atoms with Gasteiger partial charge in [-0.05, 0) is 51.5 Å². The first-order valence-corrected chi connectivity index (χ1v) is 13.7. The van der Waals surface area contributed by atoms with E-state index in [4.69, 9.17) is 9.47 Å². The second-order valence-corrected chi connectivity index (χ2v) is 11.7. The highest BCUT2D eigenvalue weighted by atomic mass is 32.2. The minimum absolute atomic E-state index is 0.107. The fourth-order valence-electron chi connectivity index (χ4n) is 3.69. The molecule has 0 aliphatic carbocycles. The highest BCUT2D eigenvalue weighted by Gasteiger charge is 2.34. The zero-order valence-corrected chi connectivity index (χ0v) is 22.9. The van der Waals surface area contributed by atoms with Crippen LogP contribution in [0.3, 0.4) is 0 Å². The van der Waals surface area contributed by atoms with Crippen molar-refractivity contribution in [1.29, 1.82) is 0 Å². The van der Waals surface area contributed by atoms with Crippen LogP contribution in [0.25, 0.3) is 17.1 Å². The number of aliphatic hydroxyl groups excluding tert-OH is 1. The Morgan fingerprint density at radius 1 is 1.08 bits per heavy atom. The number of sulfonamides is 1. The number of hydrogen-bond donors (Lipinski definition) is 2. The molecule has 1 aromatic carbocycles. The summed E-state index contributed by atoms with van der Waals surface area (Å²) in [4.78, 5) is 9.46. The largest absolute Gasteiger partial charge is 0.494 e. The van der Waals surface area contributed by atoms with Gasteiger partial charge in [-0.15, -0.1) is 21.5 Å². The number of aliphatic hydroxyl groups is 1. The smallest absolute Gasteiger partial charge is 0.243 e. The van der Waals surface area contributed by atoms with E-state index in [9.17, 15) is 13.5 Å². The van der Waals surface area contributed by atoms with Gasteiger partial charge in [0.15, 0.2) is 5.82 Å². The minimum Gasteiger partial charge on any atom is -0.494 e. The SMILES string of the molecule is COc1cccc(OC)c1-n1c(NS(=O)(=O)[C@H](C)[C@@H](O)c2nc(C)c(C)s2)nnc1-c1cncc(C)c1. The number of rotatable bonds is 9. The van der Waals surface area contributed by atoms with Crippen LogP contribution in [-0.4, -0.2) is 57.7 Å². The number of thiazole rings is 1. The van der Waals surface area contributed by atoms with E-state index in [1.165, 1.54) is 37.0 Å². The van der Waals surface area contributed by atoms with Crippen LogP contribution in [0, 0.1) is 20.8 Å². The van der Waals surface area contributed by atoms with Crippen molar-refractivity contribution in [2.45, 2.75) is 39.0 Å². The fraction of sp³-hybridized carbons (Fsp3) is 0.333. The van der Waals surface area contributed by atoms with Crippen molar-refractivity contribution in [3.8, 4) is 28.6 Å². The number of anilines is 1. The molecule has 4 aromatic rings. The zero-order chi connectivity index (χ0) is 26.9. The summed E-state index contributed by atoms with van der Waals surface area (Å²) in [6, 6.07) is 7.04. The Hall–Kier alpha value is -3.55. The minimum atomic E-state index is -4.16. The molecule has 13 heteroatoms. The monoisotopic (exact) mass is 544 g/mol. The summed E-state index contributed by atoms with van der Waals surface area (Å²) >= 11 is 1.26. The molecular weight excluding hydrogens is 516 g/mol. The van der Waals surface area contributed by atoms with Crippen molar-refractivity contribution in [1.82, 2.24) is 24.7 Å². The lowest BCUT2D eigenvalue weighted by Gasteiger charge is -2.20. The predicted molar refractivity (Wildman–Crippen MR) is 141 cm³/mol. The van der Waals surface area contributed by atoms with Gasteiger partial charge in [-0.3, -0.25) is 14.3 Å². The maximum Gasteiger partial charge on any atom is 0.243 e. The number of pyridine rings is 1. The summed E-state index contributed by atoms with van der Waals surface area (Å²) in [5.74, 6) is 1.02. The van der Waals surface area contributed by atoms with Crippen LogP contribution in [0.5, 0.6) is 11.5 Å². The van der Waals surface area contributed by atoms with E-state index in [-0.39, 0.29) is 5.95 Å². The highest BCUT2D eigenvalue weighted by Crippen LogP contribution is 2.38. The van der Waals surface area contributed by atoms with Gasteiger partial charge in [0.05, 0.1) is 19.9 Å². The number of para-hydroxylation sites is 1. The lowest BCUT2D eigenvalue weighted by atomic mass is 10.2. The number of benzene rings is 1. The third-order valence-corrected chi connectivity index (χ3v) is 8.73. The Kier molecular flexibility index (Phi) is 7.48. The molecule has 3 heterocycles. The Morgan fingerprint density at radius 2 is 1.76 bits per heavy atom. The van der Waals surface area contributed by atoms with Gasteiger partial charge in [-0.1, -0.05) is 6.07 Å². The topological polar surface area (TPSA) is 141 Å². The molecule has 0 aliphatic heterocycles. The molecule has 37 heavy (non-hydrogen) atoms. The molecule has 2 N–H and O–H groups in total. The second kappa shape index (κ2) is 10.4. The Balaban J connectivity index is 1.84. The number of ether oxygens (including phenoxy) is 2. The van der Waals surface area contributed by atoms with Gasteiger partial charge >= 0.3 is 0 Å². The molecule has 0 aliphatic rings. The van der Waals surface area contributed by atoms with Crippen molar-refractivity contribution in [3.63, 3.8) is 0 Å². The van der Waals surface area contributed by atoms with Gasteiger partial charge in [0.25, 0.3) is 0 Å². The Morgan fingerprint density at radius 3 is 2.32 bits per heavy atom. The first-order chi connectivity index (χ1) is 17.6. The standard InChI is InChI=1S/C24H28N6O5S2/c1-13-10-17(12-25-11-13)22-27-28-24(30(22)20-18(34-5)8-7-9-19(20)35-6)29-37(32,33)16(4)21(31)23-26-14(2)15(3)36-23/h7-12,16,21,31H,1-6H3,(H,28,29)/t16-,21-/m1/s1.